The lowest BCUT2D eigenvalue weighted by atomic mass is 10.3. The van der Waals surface area contributed by atoms with Gasteiger partial charge in [-0.05, 0) is 34.1 Å². The van der Waals surface area contributed by atoms with Gasteiger partial charge >= 0.3 is 6.03 Å². The summed E-state index contributed by atoms with van der Waals surface area (Å²) in [4.78, 5) is 21.5. The lowest BCUT2D eigenvalue weighted by molar-refractivity contribution is -0.118. The van der Waals surface area contributed by atoms with Gasteiger partial charge in [0.05, 0.1) is 6.54 Å². The van der Waals surface area contributed by atoms with Gasteiger partial charge in [-0.25, -0.2) is 4.79 Å². The summed E-state index contributed by atoms with van der Waals surface area (Å²) in [5, 5.41) is 4.81. The van der Waals surface area contributed by atoms with Crippen LogP contribution in [0.3, 0.4) is 0 Å². The van der Waals surface area contributed by atoms with Crippen LogP contribution in [0.2, 0.25) is 0 Å². The molecule has 0 aliphatic heterocycles. The topological polar surface area (TPSA) is 84.2 Å². The molecule has 0 aliphatic carbocycles. The number of carbonyl (C=O) groups excluding carboxylic acids is 2. The second-order valence-electron chi connectivity index (χ2n) is 2.89. The molecule has 16 heavy (non-hydrogen) atoms. The van der Waals surface area contributed by atoms with E-state index in [-0.39, 0.29) is 6.54 Å². The Hall–Kier alpha value is -1.08. The van der Waals surface area contributed by atoms with Gasteiger partial charge in [0.1, 0.15) is 0 Å². The monoisotopic (exact) mass is 349 g/mol. The number of halogens is 2. The van der Waals surface area contributed by atoms with Crippen LogP contribution in [0.4, 0.5) is 10.5 Å². The number of hydrogen-bond donors (Lipinski definition) is 3. The Morgan fingerprint density at radius 3 is 2.56 bits per heavy atom. The Morgan fingerprint density at radius 2 is 2.00 bits per heavy atom. The molecule has 0 bridgehead atoms. The third kappa shape index (κ3) is 4.19. The molecule has 86 valence electrons. The maximum atomic E-state index is 11.1. The van der Waals surface area contributed by atoms with Crippen molar-refractivity contribution < 1.29 is 9.59 Å². The standard InChI is InChI=1S/C9H9Br2N3O2/c10-5-1-2-7(6(11)3-5)13-4-8(15)14-9(12)16/h1-3,13H,4H2,(H3,12,14,15,16). The first-order chi connectivity index (χ1) is 7.49. The highest BCUT2D eigenvalue weighted by Gasteiger charge is 2.05. The molecule has 0 aromatic heterocycles. The zero-order chi connectivity index (χ0) is 12.1. The highest BCUT2D eigenvalue weighted by molar-refractivity contribution is 9.11. The first-order valence-corrected chi connectivity index (χ1v) is 5.86. The van der Waals surface area contributed by atoms with Gasteiger partial charge in [-0.2, -0.15) is 0 Å². The average molecular weight is 351 g/mol. The van der Waals surface area contributed by atoms with Crippen molar-refractivity contribution >= 4 is 49.5 Å². The van der Waals surface area contributed by atoms with Gasteiger partial charge in [0.25, 0.3) is 0 Å². The number of benzene rings is 1. The predicted octanol–water partition coefficient (Wildman–Crippen LogP) is 1.82. The van der Waals surface area contributed by atoms with Gasteiger partial charge in [0.2, 0.25) is 5.91 Å². The van der Waals surface area contributed by atoms with E-state index in [4.69, 9.17) is 5.73 Å². The number of carbonyl (C=O) groups is 2. The van der Waals surface area contributed by atoms with Crippen LogP contribution < -0.4 is 16.4 Å². The molecule has 4 N–H and O–H groups in total. The van der Waals surface area contributed by atoms with Crippen LogP contribution in [0.1, 0.15) is 0 Å². The number of hydrogen-bond acceptors (Lipinski definition) is 3. The van der Waals surface area contributed by atoms with Crippen molar-refractivity contribution in [3.8, 4) is 0 Å². The molecule has 7 heteroatoms. The van der Waals surface area contributed by atoms with Crippen molar-refractivity contribution in [2.24, 2.45) is 5.73 Å². The summed E-state index contributed by atoms with van der Waals surface area (Å²) >= 11 is 6.64. The van der Waals surface area contributed by atoms with Crippen LogP contribution >= 0.6 is 31.9 Å². The minimum atomic E-state index is -0.860. The SMILES string of the molecule is NC(=O)NC(=O)CNc1ccc(Br)cc1Br. The van der Waals surface area contributed by atoms with Crippen molar-refractivity contribution in [2.75, 3.05) is 11.9 Å². The molecule has 3 amide bonds. The van der Waals surface area contributed by atoms with Crippen LogP contribution in [0.5, 0.6) is 0 Å². The van der Waals surface area contributed by atoms with E-state index in [1.54, 1.807) is 6.07 Å². The Morgan fingerprint density at radius 1 is 1.31 bits per heavy atom. The zero-order valence-corrected chi connectivity index (χ0v) is 11.3. The van der Waals surface area contributed by atoms with E-state index >= 15 is 0 Å². The van der Waals surface area contributed by atoms with Crippen molar-refractivity contribution in [1.82, 2.24) is 5.32 Å². The molecule has 0 unspecified atom stereocenters. The van der Waals surface area contributed by atoms with Gasteiger partial charge in [0.15, 0.2) is 0 Å². The fourth-order valence-electron chi connectivity index (χ4n) is 0.990. The summed E-state index contributed by atoms with van der Waals surface area (Å²) in [5.41, 5.74) is 5.55. The van der Waals surface area contributed by atoms with E-state index in [1.165, 1.54) is 0 Å². The molecule has 5 nitrogen and oxygen atoms in total. The number of nitrogens with two attached hydrogens (primary N) is 1. The predicted molar refractivity (Wildman–Crippen MR) is 68.1 cm³/mol. The van der Waals surface area contributed by atoms with Crippen molar-refractivity contribution in [2.45, 2.75) is 0 Å². The second-order valence-corrected chi connectivity index (χ2v) is 4.66. The number of primary amides is 1. The quantitative estimate of drug-likeness (QED) is 0.777. The van der Waals surface area contributed by atoms with Crippen LogP contribution in [0.25, 0.3) is 0 Å². The smallest absolute Gasteiger partial charge is 0.318 e. The van der Waals surface area contributed by atoms with Crippen molar-refractivity contribution in [1.29, 1.82) is 0 Å². The number of amides is 3. The van der Waals surface area contributed by atoms with Gasteiger partial charge < -0.3 is 11.1 Å². The molecule has 0 fully saturated rings. The Balaban J connectivity index is 2.54. The maximum Gasteiger partial charge on any atom is 0.318 e. The second kappa shape index (κ2) is 5.86. The fourth-order valence-corrected chi connectivity index (χ4v) is 2.18. The van der Waals surface area contributed by atoms with Gasteiger partial charge in [-0.15, -0.1) is 0 Å². The van der Waals surface area contributed by atoms with Gasteiger partial charge in [0, 0.05) is 14.6 Å². The van der Waals surface area contributed by atoms with Crippen LogP contribution in [-0.2, 0) is 4.79 Å². The molecule has 0 spiro atoms. The number of urea groups is 1. The number of rotatable bonds is 3. The summed E-state index contributed by atoms with van der Waals surface area (Å²) in [6.07, 6.45) is 0. The van der Waals surface area contributed by atoms with E-state index in [0.29, 0.717) is 0 Å². The zero-order valence-electron chi connectivity index (χ0n) is 8.09. The third-order valence-electron chi connectivity index (χ3n) is 1.63. The first kappa shape index (κ1) is 13.0. The highest BCUT2D eigenvalue weighted by Crippen LogP contribution is 2.25. The molecule has 0 saturated heterocycles. The normalized spacial score (nSPS) is 9.62. The molecular formula is C9H9Br2N3O2. The summed E-state index contributed by atoms with van der Waals surface area (Å²) < 4.78 is 1.74. The number of imide groups is 1. The van der Waals surface area contributed by atoms with E-state index in [0.717, 1.165) is 14.6 Å². The lowest BCUT2D eigenvalue weighted by Gasteiger charge is -2.07. The molecule has 0 heterocycles. The number of nitrogens with one attached hydrogen (secondary N) is 2. The lowest BCUT2D eigenvalue weighted by Crippen LogP contribution is -2.38. The van der Waals surface area contributed by atoms with E-state index in [9.17, 15) is 9.59 Å². The molecular weight excluding hydrogens is 342 g/mol. The molecule has 1 aromatic rings. The van der Waals surface area contributed by atoms with Gasteiger partial charge in [-0.1, -0.05) is 15.9 Å². The average Bonchev–Trinajstić information content (AvgIpc) is 2.15. The Bertz CT molecular complexity index is 423. The van der Waals surface area contributed by atoms with E-state index < -0.39 is 11.9 Å². The van der Waals surface area contributed by atoms with Crippen LogP contribution in [0.15, 0.2) is 27.1 Å². The summed E-state index contributed by atoms with van der Waals surface area (Å²) in [7, 11) is 0. The first-order valence-electron chi connectivity index (χ1n) is 4.27. The minimum absolute atomic E-state index is 0.0246. The highest BCUT2D eigenvalue weighted by atomic mass is 79.9. The van der Waals surface area contributed by atoms with E-state index in [2.05, 4.69) is 37.2 Å². The van der Waals surface area contributed by atoms with E-state index in [1.807, 2.05) is 17.4 Å². The Kier molecular flexibility index (Phi) is 4.75. The van der Waals surface area contributed by atoms with Crippen molar-refractivity contribution in [3.05, 3.63) is 27.1 Å². The minimum Gasteiger partial charge on any atom is -0.375 e. The molecule has 1 rings (SSSR count). The maximum absolute atomic E-state index is 11.1. The fraction of sp³-hybridized carbons (Fsp3) is 0.111. The summed E-state index contributed by atoms with van der Waals surface area (Å²) in [5.74, 6) is -0.484. The van der Waals surface area contributed by atoms with Crippen molar-refractivity contribution in [3.63, 3.8) is 0 Å². The van der Waals surface area contributed by atoms with Crippen LogP contribution in [-0.4, -0.2) is 18.5 Å². The molecule has 0 aliphatic rings. The molecule has 0 radical (unpaired) electrons. The molecule has 0 atom stereocenters. The Labute approximate surface area is 109 Å². The summed E-state index contributed by atoms with van der Waals surface area (Å²) in [6.45, 7) is -0.0246. The molecule has 0 saturated carbocycles. The van der Waals surface area contributed by atoms with Crippen LogP contribution in [0, 0.1) is 0 Å². The third-order valence-corrected chi connectivity index (χ3v) is 2.78. The molecule has 1 aromatic carbocycles. The summed E-state index contributed by atoms with van der Waals surface area (Å²) in [6, 6.07) is 4.61. The number of anilines is 1. The van der Waals surface area contributed by atoms with Gasteiger partial charge in [-0.3, -0.25) is 10.1 Å². The largest absolute Gasteiger partial charge is 0.375 e.